The van der Waals surface area contributed by atoms with Crippen LogP contribution in [0.2, 0.25) is 0 Å². The van der Waals surface area contributed by atoms with Crippen molar-refractivity contribution in [3.05, 3.63) is 161 Å². The summed E-state index contributed by atoms with van der Waals surface area (Å²) in [5.74, 6) is 2.90. The molecule has 4 fully saturated rings. The van der Waals surface area contributed by atoms with Gasteiger partial charge in [0, 0.05) is 27.9 Å². The zero-order chi connectivity index (χ0) is 35.7. The Kier molecular flexibility index (Phi) is 6.61. The Bertz CT molecular complexity index is 2390. The van der Waals surface area contributed by atoms with Gasteiger partial charge < -0.3 is 4.90 Å². The zero-order valence-corrected chi connectivity index (χ0v) is 31.6. The number of hydrogen-bond acceptors (Lipinski definition) is 1. The molecule has 1 nitrogen and oxygen atoms in total. The second-order valence-corrected chi connectivity index (χ2v) is 18.5. The summed E-state index contributed by atoms with van der Waals surface area (Å²) in [6, 6.07) is 51.3. The van der Waals surface area contributed by atoms with Gasteiger partial charge in [0.25, 0.3) is 0 Å². The third-order valence-electron chi connectivity index (χ3n) is 14.6. The molecule has 0 atom stereocenters. The summed E-state index contributed by atoms with van der Waals surface area (Å²) in [5.41, 5.74) is 19.1. The van der Waals surface area contributed by atoms with Gasteiger partial charge >= 0.3 is 0 Å². The van der Waals surface area contributed by atoms with Crippen LogP contribution in [-0.4, -0.2) is 0 Å². The minimum atomic E-state index is -0.0687. The van der Waals surface area contributed by atoms with Gasteiger partial charge in [-0.3, -0.25) is 0 Å². The van der Waals surface area contributed by atoms with Crippen molar-refractivity contribution < 1.29 is 0 Å². The first-order chi connectivity index (χ1) is 25.7. The molecule has 0 unspecified atom stereocenters. The molecule has 0 heterocycles. The van der Waals surface area contributed by atoms with E-state index in [4.69, 9.17) is 0 Å². The molecule has 6 aliphatic rings. The quantitative estimate of drug-likeness (QED) is 0.174. The SMILES string of the molecule is CC1(C)c2ccccc2-c2cc(N(c3ccc(-c4ccc(C56CC7CC(CC(C7)C5)C6)cc4)cc3)c3ccc4c(c3)C(C)(C)c3ccccc3-4)ccc21. The lowest BCUT2D eigenvalue weighted by Crippen LogP contribution is -2.48. The average Bonchev–Trinajstić information content (AvgIpc) is 3.54. The molecular formula is C52H49N. The summed E-state index contributed by atoms with van der Waals surface area (Å²) in [6.45, 7) is 9.49. The van der Waals surface area contributed by atoms with Crippen LogP contribution >= 0.6 is 0 Å². The summed E-state index contributed by atoms with van der Waals surface area (Å²) >= 11 is 0. The van der Waals surface area contributed by atoms with Crippen LogP contribution in [-0.2, 0) is 16.2 Å². The second kappa shape index (κ2) is 11.1. The summed E-state index contributed by atoms with van der Waals surface area (Å²) in [7, 11) is 0. The number of fused-ring (bicyclic) bond motifs is 6. The van der Waals surface area contributed by atoms with Gasteiger partial charge in [-0.2, -0.15) is 0 Å². The molecule has 0 aliphatic heterocycles. The lowest BCUT2D eigenvalue weighted by Gasteiger charge is -2.57. The van der Waals surface area contributed by atoms with E-state index in [9.17, 15) is 0 Å². The molecule has 6 aromatic carbocycles. The van der Waals surface area contributed by atoms with Gasteiger partial charge in [0.2, 0.25) is 0 Å². The normalized spacial score (nSPS) is 24.7. The van der Waals surface area contributed by atoms with Crippen molar-refractivity contribution in [1.29, 1.82) is 0 Å². The highest BCUT2D eigenvalue weighted by molar-refractivity contribution is 5.89. The van der Waals surface area contributed by atoms with Crippen LogP contribution in [0.25, 0.3) is 33.4 Å². The number of nitrogens with zero attached hydrogens (tertiary/aromatic N) is 1. The van der Waals surface area contributed by atoms with Crippen LogP contribution in [0.15, 0.2) is 133 Å². The minimum Gasteiger partial charge on any atom is -0.310 e. The molecule has 1 heteroatoms. The van der Waals surface area contributed by atoms with E-state index in [1.807, 2.05) is 0 Å². The Morgan fingerprint density at radius 1 is 0.415 bits per heavy atom. The Morgan fingerprint density at radius 3 is 1.49 bits per heavy atom. The van der Waals surface area contributed by atoms with Gasteiger partial charge in [0.05, 0.1) is 0 Å². The molecule has 0 aromatic heterocycles. The fourth-order valence-electron chi connectivity index (χ4n) is 12.4. The first-order valence-electron chi connectivity index (χ1n) is 20.2. The highest BCUT2D eigenvalue weighted by atomic mass is 15.1. The van der Waals surface area contributed by atoms with E-state index in [0.717, 1.165) is 17.8 Å². The van der Waals surface area contributed by atoms with E-state index >= 15 is 0 Å². The van der Waals surface area contributed by atoms with E-state index in [2.05, 4.69) is 166 Å². The minimum absolute atomic E-state index is 0.0223. The Balaban J connectivity index is 0.987. The number of benzene rings is 6. The molecule has 6 aliphatic carbocycles. The van der Waals surface area contributed by atoms with Crippen LogP contribution in [0.4, 0.5) is 17.1 Å². The summed E-state index contributed by atoms with van der Waals surface area (Å²) in [5, 5.41) is 0. The predicted octanol–water partition coefficient (Wildman–Crippen LogP) is 13.9. The van der Waals surface area contributed by atoms with Crippen molar-refractivity contribution in [2.75, 3.05) is 4.90 Å². The van der Waals surface area contributed by atoms with Crippen molar-refractivity contribution in [3.63, 3.8) is 0 Å². The third kappa shape index (κ3) is 4.62. The summed E-state index contributed by atoms with van der Waals surface area (Å²) in [6.07, 6.45) is 8.73. The lowest BCUT2D eigenvalue weighted by atomic mass is 9.48. The molecule has 4 bridgehead atoms. The fourth-order valence-corrected chi connectivity index (χ4v) is 12.4. The van der Waals surface area contributed by atoms with Gasteiger partial charge in [-0.15, -0.1) is 0 Å². The molecule has 0 spiro atoms. The van der Waals surface area contributed by atoms with Crippen LogP contribution in [0.1, 0.15) is 94.0 Å². The highest BCUT2D eigenvalue weighted by Crippen LogP contribution is 2.61. The number of rotatable bonds is 5. The lowest BCUT2D eigenvalue weighted by molar-refractivity contribution is -0.00518. The fraction of sp³-hybridized carbons (Fsp3) is 0.308. The first kappa shape index (κ1) is 31.6. The Morgan fingerprint density at radius 2 is 0.868 bits per heavy atom. The first-order valence-corrected chi connectivity index (χ1v) is 20.2. The molecule has 0 radical (unpaired) electrons. The maximum atomic E-state index is 2.48. The van der Waals surface area contributed by atoms with E-state index in [1.54, 1.807) is 5.56 Å². The van der Waals surface area contributed by atoms with E-state index in [0.29, 0.717) is 5.41 Å². The highest BCUT2D eigenvalue weighted by Gasteiger charge is 2.51. The smallest absolute Gasteiger partial charge is 0.0468 e. The molecule has 0 amide bonds. The van der Waals surface area contributed by atoms with Crippen LogP contribution < -0.4 is 4.90 Å². The van der Waals surface area contributed by atoms with Gasteiger partial charge in [0.1, 0.15) is 0 Å². The van der Waals surface area contributed by atoms with Crippen LogP contribution in [0.5, 0.6) is 0 Å². The van der Waals surface area contributed by atoms with E-state index < -0.39 is 0 Å². The Hall–Kier alpha value is -4.88. The largest absolute Gasteiger partial charge is 0.310 e. The molecular weight excluding hydrogens is 639 g/mol. The van der Waals surface area contributed by atoms with Gasteiger partial charge in [0.15, 0.2) is 0 Å². The Labute approximate surface area is 315 Å². The maximum absolute atomic E-state index is 2.48. The predicted molar refractivity (Wildman–Crippen MR) is 222 cm³/mol. The van der Waals surface area contributed by atoms with E-state index in [1.165, 1.54) is 111 Å². The molecule has 12 rings (SSSR count). The van der Waals surface area contributed by atoms with Gasteiger partial charge in [-0.1, -0.05) is 125 Å². The summed E-state index contributed by atoms with van der Waals surface area (Å²) in [4.78, 5) is 2.48. The van der Waals surface area contributed by atoms with Crippen molar-refractivity contribution in [2.24, 2.45) is 17.8 Å². The van der Waals surface area contributed by atoms with Crippen molar-refractivity contribution in [3.8, 4) is 33.4 Å². The number of anilines is 3. The van der Waals surface area contributed by atoms with Crippen LogP contribution in [0.3, 0.4) is 0 Å². The molecule has 4 saturated carbocycles. The van der Waals surface area contributed by atoms with Crippen molar-refractivity contribution >= 4 is 17.1 Å². The monoisotopic (exact) mass is 687 g/mol. The molecule has 6 aromatic rings. The van der Waals surface area contributed by atoms with Crippen molar-refractivity contribution in [1.82, 2.24) is 0 Å². The van der Waals surface area contributed by atoms with Crippen LogP contribution in [0, 0.1) is 17.8 Å². The summed E-state index contributed by atoms with van der Waals surface area (Å²) < 4.78 is 0. The second-order valence-electron chi connectivity index (χ2n) is 18.5. The zero-order valence-electron chi connectivity index (χ0n) is 31.6. The topological polar surface area (TPSA) is 3.24 Å². The third-order valence-corrected chi connectivity index (χ3v) is 14.6. The standard InChI is InChI=1S/C52H49N/c1-50(2)47-12-8-6-10-43(47)45-28-40(22-24-48(45)50)53(41-21-23-44-42-9-5-7-11-46(42)51(3,4)49(44)29-41)39-19-15-37(16-20-39)36-13-17-38(18-14-36)52-30-33-25-34(31-52)27-35(26-33)32-52/h5-24,28-29,33-35H,25-27,30-32H2,1-4H3. The molecule has 53 heavy (non-hydrogen) atoms. The van der Waals surface area contributed by atoms with Gasteiger partial charge in [-0.05, 0) is 159 Å². The molecule has 0 saturated heterocycles. The maximum Gasteiger partial charge on any atom is 0.0468 e. The molecule has 0 N–H and O–H groups in total. The van der Waals surface area contributed by atoms with E-state index in [-0.39, 0.29) is 10.8 Å². The average molecular weight is 688 g/mol. The molecule has 262 valence electrons. The van der Waals surface area contributed by atoms with Gasteiger partial charge in [-0.25, -0.2) is 0 Å². The van der Waals surface area contributed by atoms with Crippen molar-refractivity contribution in [2.45, 2.75) is 82.5 Å². The number of hydrogen-bond donors (Lipinski definition) is 0.